The van der Waals surface area contributed by atoms with Crippen molar-refractivity contribution < 1.29 is 14.6 Å². The Labute approximate surface area is 211 Å². The van der Waals surface area contributed by atoms with Gasteiger partial charge in [-0.1, -0.05) is 24.3 Å². The summed E-state index contributed by atoms with van der Waals surface area (Å²) in [6, 6.07) is 18.7. The van der Waals surface area contributed by atoms with Gasteiger partial charge in [0.25, 0.3) is 5.56 Å². The average Bonchev–Trinajstić information content (AvgIpc) is 2.85. The van der Waals surface area contributed by atoms with E-state index in [-0.39, 0.29) is 11.1 Å². The second-order valence-corrected chi connectivity index (χ2v) is 9.49. The molecule has 6 heteroatoms. The molecule has 0 amide bonds. The first-order chi connectivity index (χ1) is 17.2. The second-order valence-electron chi connectivity index (χ2n) is 9.49. The van der Waals surface area contributed by atoms with Crippen LogP contribution in [0.2, 0.25) is 0 Å². The fraction of sp³-hybridized carbons (Fsp3) is 0.267. The lowest BCUT2D eigenvalue weighted by Crippen LogP contribution is -2.21. The Bertz CT molecular complexity index is 1470. The summed E-state index contributed by atoms with van der Waals surface area (Å²) >= 11 is 0. The lowest BCUT2D eigenvalue weighted by molar-refractivity contribution is 0.0697. The second kappa shape index (κ2) is 10.8. The molecule has 1 heterocycles. The third-order valence-electron chi connectivity index (χ3n) is 6.35. The van der Waals surface area contributed by atoms with Crippen molar-refractivity contribution in [3.05, 3.63) is 99.5 Å². The minimum Gasteiger partial charge on any atom is -0.494 e. The molecule has 6 nitrogen and oxygen atoms in total. The number of fused-ring (bicyclic) bond motifs is 1. The van der Waals surface area contributed by atoms with Gasteiger partial charge in [-0.05, 0) is 104 Å². The summed E-state index contributed by atoms with van der Waals surface area (Å²) < 4.78 is 7.63. The number of aromatic carboxylic acids is 1. The van der Waals surface area contributed by atoms with E-state index in [0.717, 1.165) is 51.9 Å². The van der Waals surface area contributed by atoms with E-state index >= 15 is 0 Å². The van der Waals surface area contributed by atoms with Crippen LogP contribution in [-0.4, -0.2) is 47.8 Å². The predicted octanol–water partition coefficient (Wildman–Crippen LogP) is 5.36. The van der Waals surface area contributed by atoms with Gasteiger partial charge in [-0.15, -0.1) is 0 Å². The van der Waals surface area contributed by atoms with Crippen LogP contribution in [0.3, 0.4) is 0 Å². The number of carboxylic acids is 1. The molecule has 4 aromatic rings. The van der Waals surface area contributed by atoms with Crippen LogP contribution in [0.1, 0.15) is 33.5 Å². The highest BCUT2D eigenvalue weighted by Gasteiger charge is 2.12. The van der Waals surface area contributed by atoms with Crippen molar-refractivity contribution >= 4 is 16.7 Å². The molecule has 0 bridgehead atoms. The summed E-state index contributed by atoms with van der Waals surface area (Å²) in [4.78, 5) is 26.9. The number of carboxylic acid groups (broad SMARTS) is 1. The molecule has 0 aliphatic rings. The highest BCUT2D eigenvalue weighted by Crippen LogP contribution is 2.28. The summed E-state index contributed by atoms with van der Waals surface area (Å²) in [7, 11) is 4.09. The minimum atomic E-state index is -0.959. The van der Waals surface area contributed by atoms with Crippen molar-refractivity contribution in [3.8, 4) is 16.9 Å². The molecule has 0 radical (unpaired) electrons. The molecule has 1 aromatic heterocycles. The van der Waals surface area contributed by atoms with Crippen LogP contribution in [-0.2, 0) is 6.54 Å². The highest BCUT2D eigenvalue weighted by atomic mass is 16.5. The SMILES string of the molecule is Cc1ccc(C(=O)O)cc1-c1ccc2c(=O)n(Cc3cccc(OCCCN(C)C)c3)cc(C)c2c1. The van der Waals surface area contributed by atoms with Gasteiger partial charge in [0.1, 0.15) is 5.75 Å². The first-order valence-electron chi connectivity index (χ1n) is 12.1. The van der Waals surface area contributed by atoms with E-state index in [2.05, 4.69) is 4.90 Å². The van der Waals surface area contributed by atoms with Crippen LogP contribution in [0.15, 0.2) is 71.7 Å². The van der Waals surface area contributed by atoms with Crippen LogP contribution in [0.4, 0.5) is 0 Å². The zero-order valence-corrected chi connectivity index (χ0v) is 21.2. The third kappa shape index (κ3) is 5.66. The molecule has 1 N–H and O–H groups in total. The van der Waals surface area contributed by atoms with Gasteiger partial charge >= 0.3 is 5.97 Å². The fourth-order valence-corrected chi connectivity index (χ4v) is 4.43. The Balaban J connectivity index is 1.61. The number of aryl methyl sites for hydroxylation is 2. The van der Waals surface area contributed by atoms with Crippen LogP contribution < -0.4 is 10.3 Å². The number of nitrogens with zero attached hydrogens (tertiary/aromatic N) is 2. The normalized spacial score (nSPS) is 11.2. The monoisotopic (exact) mass is 484 g/mol. The van der Waals surface area contributed by atoms with Crippen molar-refractivity contribution in [2.45, 2.75) is 26.8 Å². The zero-order chi connectivity index (χ0) is 25.8. The number of rotatable bonds is 9. The van der Waals surface area contributed by atoms with Crippen molar-refractivity contribution in [1.82, 2.24) is 9.47 Å². The molecule has 0 spiro atoms. The van der Waals surface area contributed by atoms with Crippen LogP contribution in [0, 0.1) is 13.8 Å². The standard InChI is InChI=1S/C30H32N2O4/c1-20-9-10-24(30(34)35)17-27(20)23-11-12-26-28(16-23)21(2)18-32(29(26)33)19-22-7-5-8-25(15-22)36-14-6-13-31(3)4/h5,7-12,15-18H,6,13-14,19H2,1-4H3,(H,34,35). The molecule has 0 aliphatic carbocycles. The number of ether oxygens (including phenoxy) is 1. The molecule has 0 atom stereocenters. The van der Waals surface area contributed by atoms with E-state index in [1.807, 2.05) is 82.7 Å². The van der Waals surface area contributed by atoms with E-state index in [1.165, 1.54) is 0 Å². The zero-order valence-electron chi connectivity index (χ0n) is 21.2. The number of pyridine rings is 1. The van der Waals surface area contributed by atoms with Gasteiger partial charge in [0.05, 0.1) is 18.7 Å². The van der Waals surface area contributed by atoms with Crippen molar-refractivity contribution in [2.24, 2.45) is 0 Å². The molecule has 186 valence electrons. The van der Waals surface area contributed by atoms with Gasteiger partial charge in [0.15, 0.2) is 0 Å². The van der Waals surface area contributed by atoms with Crippen molar-refractivity contribution in [3.63, 3.8) is 0 Å². The highest BCUT2D eigenvalue weighted by molar-refractivity contribution is 5.92. The van der Waals surface area contributed by atoms with E-state index in [9.17, 15) is 14.7 Å². The summed E-state index contributed by atoms with van der Waals surface area (Å²) in [6.45, 7) is 6.01. The van der Waals surface area contributed by atoms with Crippen molar-refractivity contribution in [1.29, 1.82) is 0 Å². The van der Waals surface area contributed by atoms with Gasteiger partial charge in [0.2, 0.25) is 0 Å². The Morgan fingerprint density at radius 1 is 0.972 bits per heavy atom. The van der Waals surface area contributed by atoms with E-state index in [1.54, 1.807) is 16.7 Å². The van der Waals surface area contributed by atoms with E-state index < -0.39 is 5.97 Å². The summed E-state index contributed by atoms with van der Waals surface area (Å²) in [5.74, 6) is -0.153. The lowest BCUT2D eigenvalue weighted by Gasteiger charge is -2.14. The van der Waals surface area contributed by atoms with Crippen LogP contribution >= 0.6 is 0 Å². The maximum atomic E-state index is 13.4. The maximum Gasteiger partial charge on any atom is 0.335 e. The first-order valence-corrected chi connectivity index (χ1v) is 12.1. The molecule has 0 fully saturated rings. The minimum absolute atomic E-state index is 0.0598. The molecule has 0 aliphatic heterocycles. The maximum absolute atomic E-state index is 13.4. The number of carbonyl (C=O) groups is 1. The predicted molar refractivity (Wildman–Crippen MR) is 144 cm³/mol. The molecule has 4 rings (SSSR count). The average molecular weight is 485 g/mol. The summed E-state index contributed by atoms with van der Waals surface area (Å²) in [6.07, 6.45) is 2.84. The van der Waals surface area contributed by atoms with E-state index in [4.69, 9.17) is 4.74 Å². The number of hydrogen-bond donors (Lipinski definition) is 1. The number of hydrogen-bond acceptors (Lipinski definition) is 4. The van der Waals surface area contributed by atoms with Gasteiger partial charge in [-0.2, -0.15) is 0 Å². The Morgan fingerprint density at radius 2 is 1.78 bits per heavy atom. The van der Waals surface area contributed by atoms with Crippen molar-refractivity contribution in [2.75, 3.05) is 27.2 Å². The molecule has 0 saturated heterocycles. The Hall–Kier alpha value is -3.90. The van der Waals surface area contributed by atoms with Gasteiger partial charge in [-0.25, -0.2) is 4.79 Å². The molecular formula is C30H32N2O4. The third-order valence-corrected chi connectivity index (χ3v) is 6.35. The van der Waals surface area contributed by atoms with Gasteiger partial charge < -0.3 is 19.3 Å². The summed E-state index contributed by atoms with van der Waals surface area (Å²) in [5, 5.41) is 10.9. The molecule has 36 heavy (non-hydrogen) atoms. The topological polar surface area (TPSA) is 71.8 Å². The molecule has 3 aromatic carbocycles. The van der Waals surface area contributed by atoms with Crippen LogP contribution in [0.25, 0.3) is 21.9 Å². The van der Waals surface area contributed by atoms with Gasteiger partial charge in [-0.3, -0.25) is 4.79 Å². The Kier molecular flexibility index (Phi) is 7.55. The quantitative estimate of drug-likeness (QED) is 0.324. The van der Waals surface area contributed by atoms with Crippen LogP contribution in [0.5, 0.6) is 5.75 Å². The first kappa shape index (κ1) is 25.2. The number of aromatic nitrogens is 1. The summed E-state index contributed by atoms with van der Waals surface area (Å²) in [5.41, 5.74) is 4.88. The molecule has 0 unspecified atom stereocenters. The molecular weight excluding hydrogens is 452 g/mol. The molecule has 0 saturated carbocycles. The van der Waals surface area contributed by atoms with Gasteiger partial charge in [0, 0.05) is 18.1 Å². The Morgan fingerprint density at radius 3 is 2.53 bits per heavy atom. The lowest BCUT2D eigenvalue weighted by atomic mass is 9.95. The fourth-order valence-electron chi connectivity index (χ4n) is 4.43. The smallest absolute Gasteiger partial charge is 0.335 e. The van der Waals surface area contributed by atoms with E-state index in [0.29, 0.717) is 18.5 Å². The number of benzene rings is 3. The largest absolute Gasteiger partial charge is 0.494 e.